The highest BCUT2D eigenvalue weighted by Crippen LogP contribution is 2.45. The molecule has 8 aromatic rings. The molecule has 0 radical (unpaired) electrons. The number of benzene rings is 8. The molecule has 0 spiro atoms. The van der Waals surface area contributed by atoms with Gasteiger partial charge < -0.3 is 20.1 Å². The molecule has 106 heavy (non-hydrogen) atoms. The van der Waals surface area contributed by atoms with Gasteiger partial charge in [0.1, 0.15) is 45.0 Å². The van der Waals surface area contributed by atoms with E-state index in [0.717, 1.165) is 57.3 Å². The molecule has 0 saturated carbocycles. The van der Waals surface area contributed by atoms with Crippen molar-refractivity contribution in [3.8, 4) is 11.5 Å². The Hall–Kier alpha value is -7.66. The standard InChI is InChI=1S/C42H46Cl4N4O3S.C37H31Cl4N5O5S/c1-5-6-7-8-9-10-11-12-15-29-22-26(2)19-21-36(29)53-28(4)41(51)48-34-16-13-14-17-37(34)54-39-40(47-35-23-27(3)18-20-31(35)44)49-50(42(39)52)38-32(45)24-30(43)25-33(38)46;1-18-9-12-29(19(2)13-18)51-21(4)35(48)43-27-7-5-6-8-30(27)52-33-34(44-46(37(33)50)32-25(40)15-22(38)16-26(32)41)42-28-17-23(10-11-24(28)39)45-31(47)14-20(3)36(45)49/h13-14,16-25,28,39H,5-12,15H2,1-4H3,(H,47,49)(H,48,51);5-13,15-17,20-21,33H,14H2,1-4H3,(H,42,44)(H,43,48). The van der Waals surface area contributed by atoms with Crippen LogP contribution in [-0.4, -0.2) is 69.8 Å². The third kappa shape index (κ3) is 20.2. The Morgan fingerprint density at radius 1 is 0.519 bits per heavy atom. The number of hydrogen-bond donors (Lipinski definition) is 4. The lowest BCUT2D eigenvalue weighted by Crippen LogP contribution is -2.36. The molecule has 0 bridgehead atoms. The number of rotatable bonds is 26. The van der Waals surface area contributed by atoms with E-state index in [9.17, 15) is 28.8 Å². The Kier molecular flexibility index (Phi) is 28.2. The minimum absolute atomic E-state index is 0.0874. The summed E-state index contributed by atoms with van der Waals surface area (Å²) >= 11 is 54.0. The number of halogens is 8. The van der Waals surface area contributed by atoms with E-state index in [1.807, 2.05) is 81.4 Å². The molecule has 5 atom stereocenters. The van der Waals surface area contributed by atoms with Crippen molar-refractivity contribution < 1.29 is 38.2 Å². The summed E-state index contributed by atoms with van der Waals surface area (Å²) in [5, 5.41) is 8.27. The van der Waals surface area contributed by atoms with Crippen molar-refractivity contribution in [1.29, 1.82) is 0 Å². The maximum absolute atomic E-state index is 14.3. The fraction of sp³-hybridized carbons (Fsp3) is 0.291. The van der Waals surface area contributed by atoms with E-state index >= 15 is 0 Å². The lowest BCUT2D eigenvalue weighted by atomic mass is 10.0. The van der Waals surface area contributed by atoms with E-state index in [4.69, 9.17) is 112 Å². The van der Waals surface area contributed by atoms with Crippen LogP contribution in [0.2, 0.25) is 40.2 Å². The first kappa shape index (κ1) is 80.9. The van der Waals surface area contributed by atoms with Crippen LogP contribution < -0.4 is 45.9 Å². The molecule has 8 aromatic carbocycles. The van der Waals surface area contributed by atoms with E-state index in [1.54, 1.807) is 63.2 Å². The highest BCUT2D eigenvalue weighted by Gasteiger charge is 2.44. The van der Waals surface area contributed by atoms with Crippen molar-refractivity contribution >= 4 is 203 Å². The topological polar surface area (TPSA) is 203 Å². The molecule has 3 heterocycles. The molecule has 11 rings (SSSR count). The summed E-state index contributed by atoms with van der Waals surface area (Å²) in [5.74, 6) is -0.980. The Morgan fingerprint density at radius 2 is 0.953 bits per heavy atom. The molecular weight excluding hydrogens is 1550 g/mol. The van der Waals surface area contributed by atoms with E-state index in [-0.39, 0.29) is 83.1 Å². The van der Waals surface area contributed by atoms with Crippen molar-refractivity contribution in [2.75, 3.05) is 25.6 Å². The average molecular weight is 1630 g/mol. The Bertz CT molecular complexity index is 4690. The molecule has 4 N–H and O–H groups in total. The average Bonchev–Trinajstić information content (AvgIpc) is 1.63. The number of nitrogens with zero attached hydrogens (tertiary/aromatic N) is 5. The number of para-hydroxylation sites is 2. The summed E-state index contributed by atoms with van der Waals surface area (Å²) in [5.41, 5.74) is 13.6. The number of ether oxygens (including phenoxy) is 2. The minimum Gasteiger partial charge on any atom is -0.481 e. The minimum atomic E-state index is -1.04. The monoisotopic (exact) mass is 1620 g/mol. The molecule has 5 unspecified atom stereocenters. The number of hydrazine groups is 2. The number of hydrogen-bond acceptors (Lipinski definition) is 12. The highest BCUT2D eigenvalue weighted by molar-refractivity contribution is 8.02. The van der Waals surface area contributed by atoms with Gasteiger partial charge in [-0.15, -0.1) is 23.5 Å². The van der Waals surface area contributed by atoms with Crippen LogP contribution in [0.4, 0.5) is 39.8 Å². The zero-order chi connectivity index (χ0) is 76.2. The molecule has 0 aromatic heterocycles. The summed E-state index contributed by atoms with van der Waals surface area (Å²) in [6.07, 6.45) is 9.29. The molecule has 3 fully saturated rings. The summed E-state index contributed by atoms with van der Waals surface area (Å²) < 4.78 is 12.3. The third-order valence-corrected chi connectivity index (χ3v) is 22.1. The zero-order valence-corrected chi connectivity index (χ0v) is 66.8. The second-order valence-corrected chi connectivity index (χ2v) is 31.5. The van der Waals surface area contributed by atoms with E-state index in [1.165, 1.54) is 103 Å². The van der Waals surface area contributed by atoms with Crippen molar-refractivity contribution in [2.45, 2.75) is 152 Å². The second-order valence-electron chi connectivity index (χ2n) is 25.9. The van der Waals surface area contributed by atoms with Crippen molar-refractivity contribution in [3.05, 3.63) is 214 Å². The van der Waals surface area contributed by atoms with Gasteiger partial charge in [0.2, 0.25) is 11.8 Å². The zero-order valence-electron chi connectivity index (χ0n) is 59.2. The maximum Gasteiger partial charge on any atom is 0.267 e. The first-order valence-corrected chi connectivity index (χ1v) is 39.2. The molecule has 0 aliphatic carbocycles. The van der Waals surface area contributed by atoms with Gasteiger partial charge >= 0.3 is 0 Å². The molecule has 3 saturated heterocycles. The number of aryl methyl sites for hydroxylation is 5. The molecule has 6 amide bonds. The van der Waals surface area contributed by atoms with Crippen molar-refractivity contribution in [2.24, 2.45) is 15.9 Å². The number of thioether (sulfide) groups is 2. The number of aliphatic imine (C=N–C) groups is 2. The van der Waals surface area contributed by atoms with Crippen LogP contribution in [0.25, 0.3) is 0 Å². The van der Waals surface area contributed by atoms with E-state index in [0.29, 0.717) is 59.9 Å². The SMILES string of the molecule is CCCCCCCCCCc1cc(C)ccc1OC(C)C(=O)Nc1ccccc1SC1C(=O)N(c2c(Cl)cc(Cl)cc2Cl)NC1=Nc1cc(C)ccc1Cl.Cc1ccc(OC(C)C(=O)Nc2ccccc2SC2C(=O)N(c3c(Cl)cc(Cl)cc3Cl)NC2=Nc2cc(N3C(=O)CC(C)C3=O)ccc2Cl)c(C)c1. The van der Waals surface area contributed by atoms with Gasteiger partial charge in [0.05, 0.1) is 58.6 Å². The van der Waals surface area contributed by atoms with Crippen LogP contribution in [0, 0.1) is 33.6 Å². The molecule has 17 nitrogen and oxygen atoms in total. The van der Waals surface area contributed by atoms with E-state index in [2.05, 4.69) is 41.4 Å². The quantitative estimate of drug-likeness (QED) is 0.0295. The maximum atomic E-state index is 14.3. The van der Waals surface area contributed by atoms with Crippen LogP contribution in [0.1, 0.15) is 113 Å². The molecular formula is C79H77Cl8N9O8S2. The Labute approximate surface area is 665 Å². The van der Waals surface area contributed by atoms with Crippen LogP contribution in [-0.2, 0) is 35.2 Å². The number of imide groups is 1. The van der Waals surface area contributed by atoms with Crippen LogP contribution >= 0.6 is 116 Å². The number of unbranched alkanes of at least 4 members (excludes halogenated alkanes) is 7. The largest absolute Gasteiger partial charge is 0.481 e. The van der Waals surface area contributed by atoms with Gasteiger partial charge in [0.25, 0.3) is 23.6 Å². The Morgan fingerprint density at radius 3 is 1.44 bits per heavy atom. The van der Waals surface area contributed by atoms with Crippen molar-refractivity contribution in [3.63, 3.8) is 0 Å². The number of amidine groups is 2. The van der Waals surface area contributed by atoms with E-state index < -0.39 is 40.4 Å². The molecule has 27 heteroatoms. The fourth-order valence-corrected chi connectivity index (χ4v) is 16.3. The summed E-state index contributed by atoms with van der Waals surface area (Å²) in [7, 11) is 0. The van der Waals surface area contributed by atoms with Crippen LogP contribution in [0.15, 0.2) is 165 Å². The predicted octanol–water partition coefficient (Wildman–Crippen LogP) is 21.7. The van der Waals surface area contributed by atoms with Gasteiger partial charge in [-0.05, 0) is 162 Å². The summed E-state index contributed by atoms with van der Waals surface area (Å²) in [4.78, 5) is 92.8. The van der Waals surface area contributed by atoms with Gasteiger partial charge in [-0.1, -0.05) is 217 Å². The van der Waals surface area contributed by atoms with Gasteiger partial charge in [-0.3, -0.25) is 44.5 Å². The fourth-order valence-electron chi connectivity index (χ4n) is 11.8. The number of anilines is 5. The highest BCUT2D eigenvalue weighted by atomic mass is 35.5. The smallest absolute Gasteiger partial charge is 0.267 e. The van der Waals surface area contributed by atoms with Crippen molar-refractivity contribution in [1.82, 2.24) is 10.9 Å². The second kappa shape index (κ2) is 37.0. The lowest BCUT2D eigenvalue weighted by molar-refractivity contribution is -0.123. The predicted molar refractivity (Wildman–Crippen MR) is 435 cm³/mol. The lowest BCUT2D eigenvalue weighted by Gasteiger charge is -2.20. The number of carbonyl (C=O) groups excluding carboxylic acids is 6. The number of amides is 6. The summed E-state index contributed by atoms with van der Waals surface area (Å²) in [6, 6.07) is 42.1. The van der Waals surface area contributed by atoms with Gasteiger partial charge in [0, 0.05) is 32.2 Å². The number of nitrogens with one attached hydrogen (secondary N) is 4. The van der Waals surface area contributed by atoms with Gasteiger partial charge in [0.15, 0.2) is 12.2 Å². The normalized spacial score (nSPS) is 17.0. The van der Waals surface area contributed by atoms with Crippen LogP contribution in [0.3, 0.4) is 0 Å². The molecule has 3 aliphatic heterocycles. The first-order valence-electron chi connectivity index (χ1n) is 34.4. The summed E-state index contributed by atoms with van der Waals surface area (Å²) in [6.45, 7) is 15.2. The third-order valence-electron chi connectivity index (χ3n) is 17.4. The first-order chi connectivity index (χ1) is 50.7. The molecule has 554 valence electrons. The van der Waals surface area contributed by atoms with Crippen LogP contribution in [0.5, 0.6) is 11.5 Å². The Balaban J connectivity index is 0.000000227. The number of carbonyl (C=O) groups is 6. The van der Waals surface area contributed by atoms with Gasteiger partial charge in [-0.25, -0.2) is 20.0 Å². The van der Waals surface area contributed by atoms with Gasteiger partial charge in [-0.2, -0.15) is 0 Å². The molecule has 3 aliphatic rings.